The van der Waals surface area contributed by atoms with Gasteiger partial charge < -0.3 is 4.43 Å². The summed E-state index contributed by atoms with van der Waals surface area (Å²) in [6.45, 7) is 8.58. The average molecular weight is 430 g/mol. The SMILES string of the molecule is CCCCCCCCCCCCCCCC(C)C(C)(C(=O)O[Si])c1ccccc1C. The first kappa shape index (κ1) is 26.9. The molecule has 0 bridgehead atoms. The molecule has 3 radical (unpaired) electrons. The Morgan fingerprint density at radius 3 is 1.83 bits per heavy atom. The predicted octanol–water partition coefficient (Wildman–Crippen LogP) is 8.00. The fraction of sp³-hybridized carbons (Fsp3) is 0.741. The lowest BCUT2D eigenvalue weighted by atomic mass is 9.69. The zero-order valence-corrected chi connectivity index (χ0v) is 21.1. The van der Waals surface area contributed by atoms with E-state index in [2.05, 4.69) is 43.4 Å². The number of carbonyl (C=O) groups is 1. The van der Waals surface area contributed by atoms with Gasteiger partial charge in [-0.1, -0.05) is 122 Å². The van der Waals surface area contributed by atoms with E-state index < -0.39 is 5.41 Å². The van der Waals surface area contributed by atoms with E-state index in [1.165, 1.54) is 83.5 Å². The van der Waals surface area contributed by atoms with Gasteiger partial charge >= 0.3 is 16.5 Å². The summed E-state index contributed by atoms with van der Waals surface area (Å²) in [6.07, 6.45) is 18.8. The van der Waals surface area contributed by atoms with Crippen LogP contribution in [0.4, 0.5) is 0 Å². The molecule has 0 heterocycles. The first-order valence-corrected chi connectivity index (χ1v) is 12.8. The largest absolute Gasteiger partial charge is 0.515 e. The third-order valence-corrected chi connectivity index (χ3v) is 7.13. The van der Waals surface area contributed by atoms with Crippen molar-refractivity contribution in [3.8, 4) is 0 Å². The van der Waals surface area contributed by atoms with Gasteiger partial charge in [0.2, 0.25) is 0 Å². The lowest BCUT2D eigenvalue weighted by Gasteiger charge is -2.35. The topological polar surface area (TPSA) is 26.3 Å². The Hall–Kier alpha value is -1.09. The number of hydrogen-bond acceptors (Lipinski definition) is 2. The van der Waals surface area contributed by atoms with Crippen LogP contribution in [-0.4, -0.2) is 16.5 Å². The maximum absolute atomic E-state index is 12.7. The summed E-state index contributed by atoms with van der Waals surface area (Å²) < 4.78 is 5.03. The monoisotopic (exact) mass is 429 g/mol. The molecule has 1 rings (SSSR count). The minimum absolute atomic E-state index is 0.198. The molecule has 0 spiro atoms. The average Bonchev–Trinajstić information content (AvgIpc) is 2.75. The first-order valence-electron chi connectivity index (χ1n) is 12.4. The van der Waals surface area contributed by atoms with Gasteiger partial charge in [-0.15, -0.1) is 0 Å². The molecule has 0 aliphatic carbocycles. The van der Waals surface area contributed by atoms with Crippen LogP contribution in [0.2, 0.25) is 0 Å². The molecule has 0 aromatic heterocycles. The molecule has 0 saturated carbocycles. The van der Waals surface area contributed by atoms with Crippen LogP contribution in [0.1, 0.15) is 122 Å². The van der Waals surface area contributed by atoms with E-state index in [4.69, 9.17) is 4.43 Å². The van der Waals surface area contributed by atoms with Crippen molar-refractivity contribution in [2.24, 2.45) is 5.92 Å². The van der Waals surface area contributed by atoms with Gasteiger partial charge in [0.25, 0.3) is 0 Å². The smallest absolute Gasteiger partial charge is 0.345 e. The lowest BCUT2D eigenvalue weighted by molar-refractivity contribution is -0.142. The van der Waals surface area contributed by atoms with E-state index in [0.717, 1.165) is 17.5 Å². The van der Waals surface area contributed by atoms with Gasteiger partial charge in [0.15, 0.2) is 0 Å². The van der Waals surface area contributed by atoms with Crippen LogP contribution in [0.5, 0.6) is 0 Å². The predicted molar refractivity (Wildman–Crippen MR) is 130 cm³/mol. The highest BCUT2D eigenvalue weighted by molar-refractivity contribution is 6.07. The van der Waals surface area contributed by atoms with E-state index in [1.807, 2.05) is 19.1 Å². The molecule has 1 aromatic rings. The molecule has 0 aliphatic rings. The summed E-state index contributed by atoms with van der Waals surface area (Å²) in [5.74, 6) is 0.0332. The van der Waals surface area contributed by atoms with E-state index in [0.29, 0.717) is 0 Å². The Morgan fingerprint density at radius 1 is 0.900 bits per heavy atom. The van der Waals surface area contributed by atoms with Crippen molar-refractivity contribution in [3.63, 3.8) is 0 Å². The van der Waals surface area contributed by atoms with Crippen molar-refractivity contribution in [1.29, 1.82) is 0 Å². The van der Waals surface area contributed by atoms with Gasteiger partial charge in [-0.2, -0.15) is 0 Å². The van der Waals surface area contributed by atoms with E-state index >= 15 is 0 Å². The van der Waals surface area contributed by atoms with Gasteiger partial charge in [0.1, 0.15) is 0 Å². The molecule has 1 aromatic carbocycles. The number of benzene rings is 1. The second-order valence-corrected chi connectivity index (χ2v) is 9.54. The number of carbonyl (C=O) groups excluding carboxylic acids is 1. The molecule has 0 fully saturated rings. The normalized spacial score (nSPS) is 14.3. The molecule has 0 aliphatic heterocycles. The van der Waals surface area contributed by atoms with Crippen molar-refractivity contribution in [3.05, 3.63) is 35.4 Å². The zero-order valence-electron chi connectivity index (χ0n) is 20.1. The van der Waals surface area contributed by atoms with Crippen LogP contribution in [0, 0.1) is 12.8 Å². The van der Waals surface area contributed by atoms with Gasteiger partial charge in [-0.05, 0) is 37.3 Å². The molecule has 3 heteroatoms. The number of rotatable bonds is 17. The van der Waals surface area contributed by atoms with Crippen molar-refractivity contribution in [1.82, 2.24) is 0 Å². The third-order valence-electron chi connectivity index (χ3n) is 6.95. The summed E-state index contributed by atoms with van der Waals surface area (Å²) in [5, 5.41) is 0. The Kier molecular flexibility index (Phi) is 14.1. The van der Waals surface area contributed by atoms with Gasteiger partial charge in [0.05, 0.1) is 5.41 Å². The van der Waals surface area contributed by atoms with Crippen molar-refractivity contribution in [2.45, 2.75) is 123 Å². The number of hydrogen-bond donors (Lipinski definition) is 0. The summed E-state index contributed by atoms with van der Waals surface area (Å²) in [7, 11) is 2.99. The molecule has 0 amide bonds. The van der Waals surface area contributed by atoms with Crippen LogP contribution >= 0.6 is 0 Å². The zero-order chi connectivity index (χ0) is 22.2. The van der Waals surface area contributed by atoms with Gasteiger partial charge in [-0.3, -0.25) is 4.79 Å². The molecule has 2 nitrogen and oxygen atoms in total. The van der Waals surface area contributed by atoms with Crippen molar-refractivity contribution in [2.75, 3.05) is 0 Å². The van der Waals surface area contributed by atoms with Crippen LogP contribution < -0.4 is 0 Å². The highest BCUT2D eigenvalue weighted by atomic mass is 28.2. The van der Waals surface area contributed by atoms with Gasteiger partial charge in [0, 0.05) is 0 Å². The maximum Gasteiger partial charge on any atom is 0.345 e. The van der Waals surface area contributed by atoms with Crippen molar-refractivity contribution < 1.29 is 9.22 Å². The molecule has 169 valence electrons. The minimum Gasteiger partial charge on any atom is -0.515 e. The molecular weight excluding hydrogens is 384 g/mol. The van der Waals surface area contributed by atoms with Crippen LogP contribution in [0.15, 0.2) is 24.3 Å². The molecular formula is C27H45O2Si. The van der Waals surface area contributed by atoms with Crippen LogP contribution in [0.3, 0.4) is 0 Å². The quantitative estimate of drug-likeness (QED) is 0.185. The summed E-state index contributed by atoms with van der Waals surface area (Å²) >= 11 is 0. The molecule has 30 heavy (non-hydrogen) atoms. The van der Waals surface area contributed by atoms with E-state index in [-0.39, 0.29) is 11.9 Å². The molecule has 2 atom stereocenters. The maximum atomic E-state index is 12.7. The summed E-state index contributed by atoms with van der Waals surface area (Å²) in [6, 6.07) is 8.18. The summed E-state index contributed by atoms with van der Waals surface area (Å²) in [4.78, 5) is 12.7. The highest BCUT2D eigenvalue weighted by Gasteiger charge is 2.41. The fourth-order valence-corrected chi connectivity index (χ4v) is 4.81. The Labute approximate surface area is 190 Å². The van der Waals surface area contributed by atoms with E-state index in [9.17, 15) is 4.79 Å². The molecule has 0 saturated heterocycles. The van der Waals surface area contributed by atoms with Crippen LogP contribution in [0.25, 0.3) is 0 Å². The second kappa shape index (κ2) is 15.7. The Balaban J connectivity index is 2.27. The summed E-state index contributed by atoms with van der Waals surface area (Å²) in [5.41, 5.74) is 1.61. The highest BCUT2D eigenvalue weighted by Crippen LogP contribution is 2.38. The van der Waals surface area contributed by atoms with Crippen LogP contribution in [-0.2, 0) is 14.6 Å². The standard InChI is InChI=1S/C27H45O2Si/c1-5-6-7-8-9-10-11-12-13-14-15-16-17-21-24(3)27(4,26(28)29-30)25-22-19-18-20-23(25)2/h18-20,22,24H,5-17,21H2,1-4H3. The van der Waals surface area contributed by atoms with Crippen molar-refractivity contribution >= 4 is 16.5 Å². The molecule has 0 N–H and O–H groups in total. The second-order valence-electron chi connectivity index (χ2n) is 9.34. The first-order chi connectivity index (χ1) is 14.5. The lowest BCUT2D eigenvalue weighted by Crippen LogP contribution is -2.41. The fourth-order valence-electron chi connectivity index (χ4n) is 4.60. The number of unbranched alkanes of at least 4 members (excludes halogenated alkanes) is 12. The minimum atomic E-state index is -0.621. The Morgan fingerprint density at radius 2 is 1.37 bits per heavy atom. The Bertz CT molecular complexity index is 586. The number of aryl methyl sites for hydroxylation is 1. The molecule has 2 unspecified atom stereocenters. The third kappa shape index (κ3) is 8.96. The van der Waals surface area contributed by atoms with Gasteiger partial charge in [-0.25, -0.2) is 0 Å². The van der Waals surface area contributed by atoms with E-state index in [1.54, 1.807) is 0 Å².